The van der Waals surface area contributed by atoms with Gasteiger partial charge in [0, 0.05) is 13.2 Å². The summed E-state index contributed by atoms with van der Waals surface area (Å²) in [5.41, 5.74) is 2.80. The van der Waals surface area contributed by atoms with Crippen molar-refractivity contribution in [2.45, 2.75) is 0 Å². The number of fused-ring (bicyclic) bond motifs is 1. The molecule has 0 fully saturated rings. The van der Waals surface area contributed by atoms with E-state index in [4.69, 9.17) is 0 Å². The number of aromatic nitrogens is 3. The molecule has 0 atom stereocenters. The largest absolute Gasteiger partial charge is 0.314 e. The van der Waals surface area contributed by atoms with E-state index >= 15 is 0 Å². The molecule has 5 heteroatoms. The normalized spacial score (nSPS) is 10.7. The van der Waals surface area contributed by atoms with Gasteiger partial charge in [-0.3, -0.25) is 4.79 Å². The van der Waals surface area contributed by atoms with Crippen LogP contribution in [-0.2, 0) is 0 Å². The van der Waals surface area contributed by atoms with Crippen LogP contribution in [0.3, 0.4) is 0 Å². The zero-order chi connectivity index (χ0) is 17.9. The van der Waals surface area contributed by atoms with Gasteiger partial charge in [0.05, 0.1) is 10.9 Å². The highest BCUT2D eigenvalue weighted by Crippen LogP contribution is 2.35. The molecule has 26 heavy (non-hydrogen) atoms. The van der Waals surface area contributed by atoms with E-state index in [1.807, 2.05) is 78.7 Å². The van der Waals surface area contributed by atoms with Crippen LogP contribution in [0.15, 0.2) is 72.9 Å². The van der Waals surface area contributed by atoms with Crippen LogP contribution in [-0.4, -0.2) is 28.3 Å². The summed E-state index contributed by atoms with van der Waals surface area (Å²) in [4.78, 5) is 26.5. The van der Waals surface area contributed by atoms with Crippen molar-refractivity contribution in [2.75, 3.05) is 11.9 Å². The number of carbonyl (C=O) groups excluding carboxylic acids is 1. The fourth-order valence-electron chi connectivity index (χ4n) is 3.00. The van der Waals surface area contributed by atoms with E-state index in [0.717, 1.165) is 27.8 Å². The fourth-order valence-corrected chi connectivity index (χ4v) is 3.00. The smallest absolute Gasteiger partial charge is 0.195 e. The molecule has 0 aliphatic carbocycles. The second kappa shape index (κ2) is 6.72. The van der Waals surface area contributed by atoms with Gasteiger partial charge in [0.15, 0.2) is 12.1 Å². The van der Waals surface area contributed by atoms with Crippen molar-refractivity contribution in [1.82, 2.24) is 15.0 Å². The van der Waals surface area contributed by atoms with E-state index in [9.17, 15) is 4.79 Å². The van der Waals surface area contributed by atoms with Crippen LogP contribution in [0.25, 0.3) is 22.0 Å². The molecular weight excluding hydrogens is 324 g/mol. The monoisotopic (exact) mass is 340 g/mol. The average molecular weight is 340 g/mol. The number of anilines is 2. The molecule has 0 aliphatic rings. The van der Waals surface area contributed by atoms with Crippen LogP contribution < -0.4 is 4.90 Å². The highest BCUT2D eigenvalue weighted by Gasteiger charge is 2.17. The zero-order valence-electron chi connectivity index (χ0n) is 14.2. The Labute approximate surface area is 151 Å². The van der Waals surface area contributed by atoms with Gasteiger partial charge >= 0.3 is 0 Å². The zero-order valence-corrected chi connectivity index (χ0v) is 14.2. The lowest BCUT2D eigenvalue weighted by atomic mass is 10.0. The topological polar surface area (TPSA) is 59.0 Å². The van der Waals surface area contributed by atoms with Gasteiger partial charge in [-0.15, -0.1) is 0 Å². The number of hydrogen-bond donors (Lipinski definition) is 0. The van der Waals surface area contributed by atoms with E-state index in [2.05, 4.69) is 15.0 Å². The van der Waals surface area contributed by atoms with Gasteiger partial charge < -0.3 is 4.90 Å². The predicted octanol–water partition coefficient (Wildman–Crippen LogP) is 4.27. The minimum absolute atomic E-state index is 0.153. The lowest BCUT2D eigenvalue weighted by Gasteiger charge is -2.20. The Balaban J connectivity index is 2.03. The highest BCUT2D eigenvalue weighted by molar-refractivity contribution is 6.03. The van der Waals surface area contributed by atoms with Crippen LogP contribution >= 0.6 is 0 Å². The minimum atomic E-state index is 0.153. The first-order valence-corrected chi connectivity index (χ1v) is 8.24. The van der Waals surface area contributed by atoms with Crippen LogP contribution in [0.1, 0.15) is 10.6 Å². The first-order valence-electron chi connectivity index (χ1n) is 8.24. The van der Waals surface area contributed by atoms with Crippen molar-refractivity contribution in [2.24, 2.45) is 0 Å². The standard InChI is InChI=1S/C21H16N4O/c1-25(19-12-5-6-13-22-19)21-20-16(15-8-3-2-4-9-15)10-7-11-17(20)23-18(14-26)24-21/h2-14H,1H3. The highest BCUT2D eigenvalue weighted by atomic mass is 16.1. The second-order valence-corrected chi connectivity index (χ2v) is 5.84. The minimum Gasteiger partial charge on any atom is -0.314 e. The summed E-state index contributed by atoms with van der Waals surface area (Å²) in [5, 5.41) is 0.887. The summed E-state index contributed by atoms with van der Waals surface area (Å²) in [6.07, 6.45) is 2.40. The van der Waals surface area contributed by atoms with Gasteiger partial charge in [-0.05, 0) is 29.3 Å². The molecule has 2 heterocycles. The van der Waals surface area contributed by atoms with Crippen molar-refractivity contribution in [3.63, 3.8) is 0 Å². The lowest BCUT2D eigenvalue weighted by Crippen LogP contribution is -2.15. The maximum absolute atomic E-state index is 11.4. The molecule has 2 aromatic carbocycles. The summed E-state index contributed by atoms with van der Waals surface area (Å²) in [7, 11) is 1.89. The van der Waals surface area contributed by atoms with E-state index < -0.39 is 0 Å². The first-order chi connectivity index (χ1) is 12.8. The predicted molar refractivity (Wildman–Crippen MR) is 103 cm³/mol. The summed E-state index contributed by atoms with van der Waals surface area (Å²) >= 11 is 0. The first kappa shape index (κ1) is 15.9. The SMILES string of the molecule is CN(c1ccccn1)c1nc(C=O)nc2cccc(-c3ccccc3)c12. The summed E-state index contributed by atoms with van der Waals surface area (Å²) in [6.45, 7) is 0. The van der Waals surface area contributed by atoms with Crippen molar-refractivity contribution in [3.05, 3.63) is 78.8 Å². The molecule has 0 saturated heterocycles. The Morgan fingerprint density at radius 2 is 1.69 bits per heavy atom. The third-order valence-corrected chi connectivity index (χ3v) is 4.22. The van der Waals surface area contributed by atoms with E-state index in [1.54, 1.807) is 6.20 Å². The maximum Gasteiger partial charge on any atom is 0.195 e. The quantitative estimate of drug-likeness (QED) is 0.519. The molecule has 0 amide bonds. The molecule has 0 bridgehead atoms. The molecule has 0 saturated carbocycles. The summed E-state index contributed by atoms with van der Waals surface area (Å²) in [5.74, 6) is 1.54. The number of nitrogens with zero attached hydrogens (tertiary/aromatic N) is 4. The Morgan fingerprint density at radius 3 is 2.42 bits per heavy atom. The molecule has 4 aromatic rings. The Kier molecular flexibility index (Phi) is 4.11. The third kappa shape index (κ3) is 2.80. The van der Waals surface area contributed by atoms with Gasteiger partial charge in [-0.25, -0.2) is 15.0 Å². The van der Waals surface area contributed by atoms with Gasteiger partial charge in [0.1, 0.15) is 11.6 Å². The van der Waals surface area contributed by atoms with E-state index in [0.29, 0.717) is 12.1 Å². The molecule has 0 aliphatic heterocycles. The summed E-state index contributed by atoms with van der Waals surface area (Å²) < 4.78 is 0. The fraction of sp³-hybridized carbons (Fsp3) is 0.0476. The molecule has 0 N–H and O–H groups in total. The third-order valence-electron chi connectivity index (χ3n) is 4.22. The van der Waals surface area contributed by atoms with Crippen LogP contribution in [0.4, 0.5) is 11.6 Å². The van der Waals surface area contributed by atoms with Crippen LogP contribution in [0.2, 0.25) is 0 Å². The van der Waals surface area contributed by atoms with Gasteiger partial charge in [-0.1, -0.05) is 48.5 Å². The molecule has 126 valence electrons. The van der Waals surface area contributed by atoms with E-state index in [1.165, 1.54) is 0 Å². The number of rotatable bonds is 4. The Bertz CT molecular complexity index is 1070. The molecule has 4 rings (SSSR count). The molecular formula is C21H16N4O. The molecule has 5 nitrogen and oxygen atoms in total. The van der Waals surface area contributed by atoms with Gasteiger partial charge in [0.2, 0.25) is 0 Å². The van der Waals surface area contributed by atoms with Crippen molar-refractivity contribution < 1.29 is 4.79 Å². The van der Waals surface area contributed by atoms with Crippen molar-refractivity contribution >= 4 is 28.8 Å². The van der Waals surface area contributed by atoms with Crippen molar-refractivity contribution in [1.29, 1.82) is 0 Å². The van der Waals surface area contributed by atoms with Crippen molar-refractivity contribution in [3.8, 4) is 11.1 Å². The molecule has 0 unspecified atom stereocenters. The van der Waals surface area contributed by atoms with Gasteiger partial charge in [-0.2, -0.15) is 0 Å². The Hall–Kier alpha value is -3.60. The maximum atomic E-state index is 11.4. The lowest BCUT2D eigenvalue weighted by molar-refractivity contribution is 0.111. The van der Waals surface area contributed by atoms with Crippen LogP contribution in [0, 0.1) is 0 Å². The Morgan fingerprint density at radius 1 is 0.885 bits per heavy atom. The summed E-state index contributed by atoms with van der Waals surface area (Å²) in [6, 6.07) is 21.6. The number of aldehydes is 1. The van der Waals surface area contributed by atoms with E-state index in [-0.39, 0.29) is 5.82 Å². The molecule has 0 spiro atoms. The average Bonchev–Trinajstić information content (AvgIpc) is 2.73. The van der Waals surface area contributed by atoms with Gasteiger partial charge in [0.25, 0.3) is 0 Å². The van der Waals surface area contributed by atoms with Crippen LogP contribution in [0.5, 0.6) is 0 Å². The number of benzene rings is 2. The second-order valence-electron chi connectivity index (χ2n) is 5.84. The molecule has 2 aromatic heterocycles. The number of carbonyl (C=O) groups is 1. The molecule has 0 radical (unpaired) electrons. The number of hydrogen-bond acceptors (Lipinski definition) is 5. The number of pyridine rings is 1.